The van der Waals surface area contributed by atoms with Gasteiger partial charge < -0.3 is 10.1 Å². The first-order valence-corrected chi connectivity index (χ1v) is 7.09. The van der Waals surface area contributed by atoms with Gasteiger partial charge in [-0.2, -0.15) is 0 Å². The number of rotatable bonds is 3. The van der Waals surface area contributed by atoms with Crippen LogP contribution in [0.2, 0.25) is 5.02 Å². The second-order valence-corrected chi connectivity index (χ2v) is 5.77. The molecular weight excluding hydrogens is 246 g/mol. The van der Waals surface area contributed by atoms with Crippen molar-refractivity contribution in [3.05, 3.63) is 23.2 Å². The van der Waals surface area contributed by atoms with Crippen LogP contribution in [0.1, 0.15) is 33.1 Å². The second kappa shape index (κ2) is 5.83. The minimum atomic E-state index is 0.554. The summed E-state index contributed by atoms with van der Waals surface area (Å²) in [7, 11) is 1.64. The summed E-state index contributed by atoms with van der Waals surface area (Å²) in [5, 5.41) is 4.28. The Morgan fingerprint density at radius 3 is 2.72 bits per heavy atom. The first-order chi connectivity index (χ1) is 8.61. The molecule has 1 aromatic rings. The molecule has 18 heavy (non-hydrogen) atoms. The monoisotopic (exact) mass is 267 g/mol. The van der Waals surface area contributed by atoms with Gasteiger partial charge in [0.1, 0.15) is 5.75 Å². The van der Waals surface area contributed by atoms with Crippen molar-refractivity contribution in [2.75, 3.05) is 12.4 Å². The molecule has 0 aromatic heterocycles. The largest absolute Gasteiger partial charge is 0.495 e. The highest BCUT2D eigenvalue weighted by molar-refractivity contribution is 6.32. The van der Waals surface area contributed by atoms with E-state index in [2.05, 4.69) is 19.2 Å². The van der Waals surface area contributed by atoms with Gasteiger partial charge in [0.25, 0.3) is 0 Å². The average molecular weight is 268 g/mol. The van der Waals surface area contributed by atoms with E-state index in [1.165, 1.54) is 19.3 Å². The fourth-order valence-electron chi connectivity index (χ4n) is 2.76. The summed E-state index contributed by atoms with van der Waals surface area (Å²) in [6.45, 7) is 4.69. The van der Waals surface area contributed by atoms with Crippen LogP contribution in [0.3, 0.4) is 0 Å². The summed E-state index contributed by atoms with van der Waals surface area (Å²) < 4.78 is 5.17. The van der Waals surface area contributed by atoms with Crippen molar-refractivity contribution in [1.29, 1.82) is 0 Å². The van der Waals surface area contributed by atoms with E-state index in [-0.39, 0.29) is 0 Å². The van der Waals surface area contributed by atoms with E-state index in [1.807, 2.05) is 18.2 Å². The Labute approximate surface area is 115 Å². The third-order valence-electron chi connectivity index (χ3n) is 4.21. The number of benzene rings is 1. The van der Waals surface area contributed by atoms with Gasteiger partial charge in [-0.05, 0) is 36.5 Å². The third-order valence-corrected chi connectivity index (χ3v) is 4.51. The molecule has 0 spiro atoms. The van der Waals surface area contributed by atoms with Crippen molar-refractivity contribution < 1.29 is 4.74 Å². The average Bonchev–Trinajstić information content (AvgIpc) is 2.35. The molecule has 0 aliphatic heterocycles. The normalized spacial score (nSPS) is 27.9. The molecule has 1 aliphatic rings. The molecule has 100 valence electrons. The molecule has 1 saturated carbocycles. The van der Waals surface area contributed by atoms with E-state index < -0.39 is 0 Å². The lowest BCUT2D eigenvalue weighted by Gasteiger charge is -2.35. The maximum absolute atomic E-state index is 6.15. The van der Waals surface area contributed by atoms with Crippen LogP contribution in [-0.4, -0.2) is 13.2 Å². The van der Waals surface area contributed by atoms with Crippen molar-refractivity contribution in [1.82, 2.24) is 0 Å². The molecule has 1 N–H and O–H groups in total. The summed E-state index contributed by atoms with van der Waals surface area (Å²) in [4.78, 5) is 0. The Morgan fingerprint density at radius 2 is 2.06 bits per heavy atom. The minimum absolute atomic E-state index is 0.554. The van der Waals surface area contributed by atoms with Gasteiger partial charge in [0, 0.05) is 11.7 Å². The maximum atomic E-state index is 6.15. The van der Waals surface area contributed by atoms with Crippen LogP contribution >= 0.6 is 11.6 Å². The van der Waals surface area contributed by atoms with Gasteiger partial charge in [0.05, 0.1) is 12.1 Å². The quantitative estimate of drug-likeness (QED) is 0.865. The standard InChI is InChI=1S/C15H22ClNO/c1-10-5-4-6-14(11(10)2)17-12-7-8-15(18-3)13(16)9-12/h7-11,14,17H,4-6H2,1-3H3. The van der Waals surface area contributed by atoms with Crippen molar-refractivity contribution in [2.24, 2.45) is 11.8 Å². The highest BCUT2D eigenvalue weighted by atomic mass is 35.5. The van der Waals surface area contributed by atoms with Crippen molar-refractivity contribution in [3.63, 3.8) is 0 Å². The van der Waals surface area contributed by atoms with Crippen LogP contribution in [0.15, 0.2) is 18.2 Å². The van der Waals surface area contributed by atoms with Gasteiger partial charge in [-0.15, -0.1) is 0 Å². The smallest absolute Gasteiger partial charge is 0.137 e. The number of anilines is 1. The van der Waals surface area contributed by atoms with Crippen molar-refractivity contribution in [2.45, 2.75) is 39.2 Å². The Hall–Kier alpha value is -0.890. The van der Waals surface area contributed by atoms with Gasteiger partial charge in [0.15, 0.2) is 0 Å². The number of hydrogen-bond donors (Lipinski definition) is 1. The summed E-state index contributed by atoms with van der Waals surface area (Å²) in [6.07, 6.45) is 3.91. The zero-order valence-corrected chi connectivity index (χ0v) is 12.1. The van der Waals surface area contributed by atoms with Gasteiger partial charge in [-0.3, -0.25) is 0 Å². The molecule has 2 nitrogen and oxygen atoms in total. The topological polar surface area (TPSA) is 21.3 Å². The van der Waals surface area contributed by atoms with Crippen molar-refractivity contribution >= 4 is 17.3 Å². The molecule has 0 bridgehead atoms. The van der Waals surface area contributed by atoms with Crippen LogP contribution in [0.25, 0.3) is 0 Å². The Morgan fingerprint density at radius 1 is 1.28 bits per heavy atom. The lowest BCUT2D eigenvalue weighted by molar-refractivity contribution is 0.253. The lowest BCUT2D eigenvalue weighted by atomic mass is 9.78. The van der Waals surface area contributed by atoms with E-state index >= 15 is 0 Å². The number of hydrogen-bond acceptors (Lipinski definition) is 2. The zero-order chi connectivity index (χ0) is 13.1. The fraction of sp³-hybridized carbons (Fsp3) is 0.600. The fourth-order valence-corrected chi connectivity index (χ4v) is 3.01. The van der Waals surface area contributed by atoms with E-state index in [0.29, 0.717) is 17.0 Å². The number of ether oxygens (including phenoxy) is 1. The predicted molar refractivity (Wildman–Crippen MR) is 77.6 cm³/mol. The number of methoxy groups -OCH3 is 1. The van der Waals surface area contributed by atoms with E-state index in [9.17, 15) is 0 Å². The molecule has 3 heteroatoms. The first-order valence-electron chi connectivity index (χ1n) is 6.72. The van der Waals surface area contributed by atoms with Crippen LogP contribution < -0.4 is 10.1 Å². The Bertz CT molecular complexity index is 407. The maximum Gasteiger partial charge on any atom is 0.137 e. The van der Waals surface area contributed by atoms with E-state index in [4.69, 9.17) is 16.3 Å². The van der Waals surface area contributed by atoms with Gasteiger partial charge in [0.2, 0.25) is 0 Å². The summed E-state index contributed by atoms with van der Waals surface area (Å²) in [5.41, 5.74) is 1.09. The number of halogens is 1. The van der Waals surface area contributed by atoms with E-state index in [1.54, 1.807) is 7.11 Å². The van der Waals surface area contributed by atoms with Gasteiger partial charge in [-0.25, -0.2) is 0 Å². The molecular formula is C15H22ClNO. The molecule has 0 radical (unpaired) electrons. The highest BCUT2D eigenvalue weighted by Gasteiger charge is 2.26. The third kappa shape index (κ3) is 2.92. The summed E-state index contributed by atoms with van der Waals surface area (Å²) in [5.74, 6) is 2.23. The molecule has 3 atom stereocenters. The van der Waals surface area contributed by atoms with Crippen LogP contribution in [0.4, 0.5) is 5.69 Å². The molecule has 1 aliphatic carbocycles. The number of nitrogens with one attached hydrogen (secondary N) is 1. The Balaban J connectivity index is 2.06. The molecule has 1 fully saturated rings. The van der Waals surface area contributed by atoms with E-state index in [0.717, 1.165) is 17.4 Å². The van der Waals surface area contributed by atoms with Crippen molar-refractivity contribution in [3.8, 4) is 5.75 Å². The molecule has 3 unspecified atom stereocenters. The molecule has 2 rings (SSSR count). The molecule has 0 saturated heterocycles. The Kier molecular flexibility index (Phi) is 4.39. The predicted octanol–water partition coefficient (Wildman–Crippen LogP) is 4.59. The highest BCUT2D eigenvalue weighted by Crippen LogP contribution is 2.33. The zero-order valence-electron chi connectivity index (χ0n) is 11.4. The molecule has 0 amide bonds. The first kappa shape index (κ1) is 13.5. The summed E-state index contributed by atoms with van der Waals surface area (Å²) >= 11 is 6.15. The van der Waals surface area contributed by atoms with Crippen LogP contribution in [0, 0.1) is 11.8 Å². The minimum Gasteiger partial charge on any atom is -0.495 e. The SMILES string of the molecule is COc1ccc(NC2CCCC(C)C2C)cc1Cl. The lowest BCUT2D eigenvalue weighted by Crippen LogP contribution is -2.34. The molecule has 0 heterocycles. The molecule has 1 aromatic carbocycles. The van der Waals surface area contributed by atoms with Gasteiger partial charge in [-0.1, -0.05) is 38.3 Å². The van der Waals surface area contributed by atoms with Crippen LogP contribution in [0.5, 0.6) is 5.75 Å². The van der Waals surface area contributed by atoms with Gasteiger partial charge >= 0.3 is 0 Å². The second-order valence-electron chi connectivity index (χ2n) is 5.37. The van der Waals surface area contributed by atoms with Crippen LogP contribution in [-0.2, 0) is 0 Å². The summed E-state index contributed by atoms with van der Waals surface area (Å²) in [6, 6.07) is 6.46.